The van der Waals surface area contributed by atoms with E-state index >= 15 is 0 Å². The summed E-state index contributed by atoms with van der Waals surface area (Å²) in [6.07, 6.45) is 4.63. The number of fused-ring (bicyclic) bond motifs is 1. The molecule has 23 heavy (non-hydrogen) atoms. The average molecular weight is 328 g/mol. The van der Waals surface area contributed by atoms with Crippen molar-refractivity contribution in [3.63, 3.8) is 0 Å². The molecule has 2 aromatic rings. The van der Waals surface area contributed by atoms with Gasteiger partial charge in [0.1, 0.15) is 11.1 Å². The summed E-state index contributed by atoms with van der Waals surface area (Å²) in [5.74, 6) is -0.0624. The number of nitrogens with one attached hydrogen (secondary N) is 1. The Bertz CT molecular complexity index is 781. The van der Waals surface area contributed by atoms with Crippen LogP contribution in [0, 0.1) is 25.2 Å². The minimum absolute atomic E-state index is 0.0624. The smallest absolute Gasteiger partial charge is 0.226 e. The normalized spacial score (nSPS) is 13.4. The van der Waals surface area contributed by atoms with E-state index in [-0.39, 0.29) is 5.91 Å². The van der Waals surface area contributed by atoms with E-state index in [2.05, 4.69) is 16.5 Å². The molecule has 1 amide bonds. The first-order valence-corrected chi connectivity index (χ1v) is 8.75. The van der Waals surface area contributed by atoms with Crippen LogP contribution in [0.4, 0.5) is 5.00 Å². The molecular formula is C17H20N4OS. The number of thiophene rings is 1. The highest BCUT2D eigenvalue weighted by Crippen LogP contribution is 2.37. The second kappa shape index (κ2) is 6.55. The van der Waals surface area contributed by atoms with Crippen molar-refractivity contribution in [2.75, 3.05) is 5.32 Å². The minimum Gasteiger partial charge on any atom is -0.317 e. The van der Waals surface area contributed by atoms with Crippen molar-refractivity contribution in [2.45, 2.75) is 52.5 Å². The van der Waals surface area contributed by atoms with Crippen molar-refractivity contribution in [3.8, 4) is 6.07 Å². The summed E-state index contributed by atoms with van der Waals surface area (Å²) in [7, 11) is 0. The predicted molar refractivity (Wildman–Crippen MR) is 90.6 cm³/mol. The van der Waals surface area contributed by atoms with E-state index in [1.807, 2.05) is 24.6 Å². The van der Waals surface area contributed by atoms with E-state index in [4.69, 9.17) is 0 Å². The molecule has 0 bridgehead atoms. The molecule has 1 N–H and O–H groups in total. The van der Waals surface area contributed by atoms with Gasteiger partial charge < -0.3 is 5.32 Å². The summed E-state index contributed by atoms with van der Waals surface area (Å²) in [4.78, 5) is 13.5. The molecule has 0 spiro atoms. The lowest BCUT2D eigenvalue weighted by Crippen LogP contribution is -2.15. The maximum atomic E-state index is 12.2. The zero-order valence-electron chi connectivity index (χ0n) is 13.5. The Kier molecular flexibility index (Phi) is 4.49. The van der Waals surface area contributed by atoms with Crippen LogP contribution in [0.25, 0.3) is 0 Å². The van der Waals surface area contributed by atoms with E-state index in [1.54, 1.807) is 11.3 Å². The van der Waals surface area contributed by atoms with Crippen LogP contribution in [-0.4, -0.2) is 15.7 Å². The van der Waals surface area contributed by atoms with Gasteiger partial charge in [0, 0.05) is 23.5 Å². The lowest BCUT2D eigenvalue weighted by atomic mass is 9.96. The Morgan fingerprint density at radius 3 is 2.91 bits per heavy atom. The number of amides is 1. The summed E-state index contributed by atoms with van der Waals surface area (Å²) < 4.78 is 1.85. The van der Waals surface area contributed by atoms with E-state index in [0.29, 0.717) is 18.5 Å². The Morgan fingerprint density at radius 1 is 1.43 bits per heavy atom. The number of carbonyl (C=O) groups is 1. The highest BCUT2D eigenvalue weighted by molar-refractivity contribution is 7.16. The molecule has 0 saturated carbocycles. The lowest BCUT2D eigenvalue weighted by Gasteiger charge is -2.09. The van der Waals surface area contributed by atoms with Crippen LogP contribution in [0.1, 0.15) is 46.7 Å². The molecule has 2 heterocycles. The van der Waals surface area contributed by atoms with Gasteiger partial charge in [-0.25, -0.2) is 0 Å². The van der Waals surface area contributed by atoms with Crippen LogP contribution in [0.2, 0.25) is 0 Å². The highest BCUT2D eigenvalue weighted by atomic mass is 32.1. The molecule has 6 heteroatoms. The minimum atomic E-state index is -0.0624. The number of carbonyl (C=O) groups excluding carboxylic acids is 1. The largest absolute Gasteiger partial charge is 0.317 e. The molecule has 0 fully saturated rings. The molecule has 2 aromatic heterocycles. The van der Waals surface area contributed by atoms with Gasteiger partial charge >= 0.3 is 0 Å². The van der Waals surface area contributed by atoms with Crippen LogP contribution in [0.15, 0.2) is 6.07 Å². The van der Waals surface area contributed by atoms with Crippen LogP contribution in [0.3, 0.4) is 0 Å². The maximum Gasteiger partial charge on any atom is 0.226 e. The molecule has 0 radical (unpaired) electrons. The first kappa shape index (κ1) is 15.8. The van der Waals surface area contributed by atoms with Gasteiger partial charge in [0.25, 0.3) is 0 Å². The van der Waals surface area contributed by atoms with Crippen molar-refractivity contribution in [1.82, 2.24) is 9.78 Å². The fourth-order valence-electron chi connectivity index (χ4n) is 3.07. The van der Waals surface area contributed by atoms with Crippen molar-refractivity contribution in [3.05, 3.63) is 33.5 Å². The maximum absolute atomic E-state index is 12.2. The number of hydrogen-bond acceptors (Lipinski definition) is 4. The molecule has 1 aliphatic rings. The first-order valence-electron chi connectivity index (χ1n) is 7.94. The van der Waals surface area contributed by atoms with Crippen LogP contribution in [0.5, 0.6) is 0 Å². The van der Waals surface area contributed by atoms with Gasteiger partial charge in [0.2, 0.25) is 5.91 Å². The van der Waals surface area contributed by atoms with E-state index < -0.39 is 0 Å². The van der Waals surface area contributed by atoms with Crippen molar-refractivity contribution >= 4 is 22.2 Å². The van der Waals surface area contributed by atoms with Crippen molar-refractivity contribution in [2.24, 2.45) is 0 Å². The lowest BCUT2D eigenvalue weighted by molar-refractivity contribution is -0.116. The molecular weight excluding hydrogens is 308 g/mol. The van der Waals surface area contributed by atoms with E-state index in [0.717, 1.165) is 41.2 Å². The Hall–Kier alpha value is -2.13. The highest BCUT2D eigenvalue weighted by Gasteiger charge is 2.21. The van der Waals surface area contributed by atoms with E-state index in [9.17, 15) is 10.1 Å². The third-order valence-electron chi connectivity index (χ3n) is 4.19. The van der Waals surface area contributed by atoms with Crippen molar-refractivity contribution in [1.29, 1.82) is 5.26 Å². The zero-order chi connectivity index (χ0) is 16.4. The monoisotopic (exact) mass is 328 g/mol. The first-order chi connectivity index (χ1) is 11.1. The molecule has 0 aliphatic heterocycles. The summed E-state index contributed by atoms with van der Waals surface area (Å²) in [6.45, 7) is 4.48. The number of aryl methyl sites for hydroxylation is 4. The summed E-state index contributed by atoms with van der Waals surface area (Å²) >= 11 is 1.57. The molecule has 0 atom stereocenters. The molecule has 5 nitrogen and oxygen atoms in total. The molecule has 0 aromatic carbocycles. The zero-order valence-corrected chi connectivity index (χ0v) is 14.3. The van der Waals surface area contributed by atoms with Gasteiger partial charge in [-0.15, -0.1) is 11.3 Å². The predicted octanol–water partition coefficient (Wildman–Crippen LogP) is 3.34. The molecule has 120 valence electrons. The van der Waals surface area contributed by atoms with Crippen LogP contribution < -0.4 is 5.32 Å². The SMILES string of the molecule is Cc1cc(C)n(CCC(=O)Nc2sc3c(c2C#N)CCCC3)n1. The number of anilines is 1. The van der Waals surface area contributed by atoms with Gasteiger partial charge in [-0.2, -0.15) is 10.4 Å². The summed E-state index contributed by atoms with van der Waals surface area (Å²) in [5.41, 5.74) is 3.84. The number of aromatic nitrogens is 2. The fourth-order valence-corrected chi connectivity index (χ4v) is 4.33. The molecule has 3 rings (SSSR count). The quantitative estimate of drug-likeness (QED) is 0.935. The van der Waals surface area contributed by atoms with Gasteiger partial charge in [0.05, 0.1) is 11.3 Å². The molecule has 1 aliphatic carbocycles. The van der Waals surface area contributed by atoms with Gasteiger partial charge in [-0.1, -0.05) is 0 Å². The van der Waals surface area contributed by atoms with Gasteiger partial charge in [-0.05, 0) is 51.2 Å². The average Bonchev–Trinajstić information content (AvgIpc) is 3.03. The Morgan fingerprint density at radius 2 is 2.22 bits per heavy atom. The number of nitriles is 1. The van der Waals surface area contributed by atoms with E-state index in [1.165, 1.54) is 11.3 Å². The Balaban J connectivity index is 1.67. The second-order valence-electron chi connectivity index (χ2n) is 5.98. The molecule has 0 unspecified atom stereocenters. The number of hydrogen-bond donors (Lipinski definition) is 1. The third-order valence-corrected chi connectivity index (χ3v) is 5.40. The topological polar surface area (TPSA) is 70.7 Å². The molecule has 0 saturated heterocycles. The summed E-state index contributed by atoms with van der Waals surface area (Å²) in [6, 6.07) is 4.27. The van der Waals surface area contributed by atoms with Gasteiger partial charge in [0.15, 0.2) is 0 Å². The summed E-state index contributed by atoms with van der Waals surface area (Å²) in [5, 5.41) is 17.4. The third kappa shape index (κ3) is 3.30. The van der Waals surface area contributed by atoms with Crippen molar-refractivity contribution < 1.29 is 4.79 Å². The van der Waals surface area contributed by atoms with Crippen LogP contribution in [-0.2, 0) is 24.2 Å². The standard InChI is InChI=1S/C17H20N4OS/c1-11-9-12(2)21(20-11)8-7-16(22)19-17-14(10-18)13-5-3-4-6-15(13)23-17/h9H,3-8H2,1-2H3,(H,19,22). The number of rotatable bonds is 4. The second-order valence-corrected chi connectivity index (χ2v) is 7.08. The van der Waals surface area contributed by atoms with Crippen LogP contribution >= 0.6 is 11.3 Å². The fraction of sp³-hybridized carbons (Fsp3) is 0.471. The number of nitrogens with zero attached hydrogens (tertiary/aromatic N) is 3. The van der Waals surface area contributed by atoms with Gasteiger partial charge in [-0.3, -0.25) is 9.48 Å². The Labute approximate surface area is 139 Å².